The van der Waals surface area contributed by atoms with Gasteiger partial charge in [-0.2, -0.15) is 0 Å². The van der Waals surface area contributed by atoms with E-state index in [9.17, 15) is 10.2 Å². The SMILES string of the molecule is C/C=C1\N/C(=C/CC)N([C@H]2CC(O)[C@@H](CO)O2)C=C1C. The molecule has 1 unspecified atom stereocenters. The first-order chi connectivity index (χ1) is 9.60. The topological polar surface area (TPSA) is 65.0 Å². The second kappa shape index (κ2) is 6.43. The molecule has 112 valence electrons. The number of nitrogens with zero attached hydrogens (tertiary/aromatic N) is 1. The van der Waals surface area contributed by atoms with Crippen LogP contribution in [0.2, 0.25) is 0 Å². The Morgan fingerprint density at radius 2 is 2.30 bits per heavy atom. The number of allylic oxidation sites excluding steroid dienone is 3. The van der Waals surface area contributed by atoms with Crippen LogP contribution >= 0.6 is 0 Å². The number of aliphatic hydroxyl groups is 2. The van der Waals surface area contributed by atoms with Crippen LogP contribution in [-0.4, -0.2) is 40.2 Å². The summed E-state index contributed by atoms with van der Waals surface area (Å²) < 4.78 is 5.74. The summed E-state index contributed by atoms with van der Waals surface area (Å²) in [5.74, 6) is 0.960. The molecule has 0 bridgehead atoms. The molecule has 5 heteroatoms. The van der Waals surface area contributed by atoms with Crippen molar-refractivity contribution in [2.75, 3.05) is 6.61 Å². The second-order valence-electron chi connectivity index (χ2n) is 5.16. The Hall–Kier alpha value is -1.30. The minimum absolute atomic E-state index is 0.158. The highest BCUT2D eigenvalue weighted by molar-refractivity contribution is 5.35. The predicted octanol–water partition coefficient (Wildman–Crippen LogP) is 1.42. The van der Waals surface area contributed by atoms with E-state index in [1.807, 2.05) is 31.0 Å². The van der Waals surface area contributed by atoms with Gasteiger partial charge in [0.1, 0.15) is 18.2 Å². The third-order valence-corrected chi connectivity index (χ3v) is 3.68. The molecule has 2 heterocycles. The summed E-state index contributed by atoms with van der Waals surface area (Å²) in [5, 5.41) is 22.5. The maximum Gasteiger partial charge on any atom is 0.138 e. The maximum absolute atomic E-state index is 9.89. The van der Waals surface area contributed by atoms with E-state index >= 15 is 0 Å². The number of aliphatic hydroxyl groups excluding tert-OH is 2. The fraction of sp³-hybridized carbons (Fsp3) is 0.600. The van der Waals surface area contributed by atoms with Gasteiger partial charge in [-0.25, -0.2) is 0 Å². The van der Waals surface area contributed by atoms with Crippen molar-refractivity contribution in [3.63, 3.8) is 0 Å². The molecule has 0 spiro atoms. The number of nitrogens with one attached hydrogen (secondary N) is 1. The van der Waals surface area contributed by atoms with Crippen LogP contribution in [0.15, 0.2) is 35.4 Å². The molecule has 5 nitrogen and oxygen atoms in total. The molecule has 3 N–H and O–H groups in total. The molecule has 1 saturated heterocycles. The highest BCUT2D eigenvalue weighted by Gasteiger charge is 2.38. The van der Waals surface area contributed by atoms with Crippen LogP contribution in [0.25, 0.3) is 0 Å². The third kappa shape index (κ3) is 2.90. The van der Waals surface area contributed by atoms with E-state index in [0.29, 0.717) is 6.42 Å². The van der Waals surface area contributed by atoms with E-state index in [4.69, 9.17) is 4.74 Å². The van der Waals surface area contributed by atoms with Gasteiger partial charge < -0.3 is 25.2 Å². The largest absolute Gasteiger partial charge is 0.394 e. The molecule has 0 aromatic carbocycles. The van der Waals surface area contributed by atoms with Crippen LogP contribution in [0.3, 0.4) is 0 Å². The molecule has 0 aromatic rings. The van der Waals surface area contributed by atoms with Gasteiger partial charge in [-0.05, 0) is 31.9 Å². The van der Waals surface area contributed by atoms with Gasteiger partial charge >= 0.3 is 0 Å². The van der Waals surface area contributed by atoms with Gasteiger partial charge in [0.2, 0.25) is 0 Å². The summed E-state index contributed by atoms with van der Waals surface area (Å²) >= 11 is 0. The fourth-order valence-electron chi connectivity index (χ4n) is 2.59. The molecule has 2 aliphatic heterocycles. The molecule has 0 amide bonds. The van der Waals surface area contributed by atoms with Gasteiger partial charge in [-0.15, -0.1) is 0 Å². The molecule has 2 aliphatic rings. The molecule has 3 atom stereocenters. The first-order valence-corrected chi connectivity index (χ1v) is 7.15. The van der Waals surface area contributed by atoms with Gasteiger partial charge in [0.25, 0.3) is 0 Å². The van der Waals surface area contributed by atoms with Crippen LogP contribution in [0.1, 0.15) is 33.6 Å². The van der Waals surface area contributed by atoms with Gasteiger partial charge in [-0.3, -0.25) is 0 Å². The predicted molar refractivity (Wildman–Crippen MR) is 77.2 cm³/mol. The third-order valence-electron chi connectivity index (χ3n) is 3.68. The van der Waals surface area contributed by atoms with E-state index < -0.39 is 12.2 Å². The van der Waals surface area contributed by atoms with Crippen molar-refractivity contribution in [1.29, 1.82) is 0 Å². The number of ether oxygens (including phenoxy) is 1. The zero-order valence-electron chi connectivity index (χ0n) is 12.3. The summed E-state index contributed by atoms with van der Waals surface area (Å²) in [6.07, 6.45) is 6.18. The van der Waals surface area contributed by atoms with E-state index in [-0.39, 0.29) is 12.8 Å². The first kappa shape index (κ1) is 15.1. The van der Waals surface area contributed by atoms with Crippen molar-refractivity contribution >= 4 is 0 Å². The van der Waals surface area contributed by atoms with Crippen molar-refractivity contribution in [2.45, 2.75) is 52.0 Å². The quantitative estimate of drug-likeness (QED) is 0.729. The van der Waals surface area contributed by atoms with Crippen molar-refractivity contribution < 1.29 is 14.9 Å². The smallest absolute Gasteiger partial charge is 0.138 e. The molecule has 0 radical (unpaired) electrons. The molecule has 0 aliphatic carbocycles. The first-order valence-electron chi connectivity index (χ1n) is 7.15. The minimum Gasteiger partial charge on any atom is -0.394 e. The summed E-state index contributed by atoms with van der Waals surface area (Å²) in [6.45, 7) is 5.95. The molecule has 1 fully saturated rings. The van der Waals surface area contributed by atoms with Crippen LogP contribution in [0.4, 0.5) is 0 Å². The Morgan fingerprint density at radius 1 is 1.55 bits per heavy atom. The molecule has 0 saturated carbocycles. The zero-order valence-corrected chi connectivity index (χ0v) is 12.3. The molecular weight excluding hydrogens is 256 g/mol. The van der Waals surface area contributed by atoms with Crippen molar-refractivity contribution in [3.05, 3.63) is 35.4 Å². The zero-order chi connectivity index (χ0) is 14.7. The lowest BCUT2D eigenvalue weighted by molar-refractivity contribution is -0.0580. The standard InChI is InChI=1S/C15H24N2O3/c1-4-6-14-16-11(5-2)10(3)8-17(14)15-7-12(19)13(9-18)20-15/h5-6,8,12-13,15-16,18-19H,4,7,9H2,1-3H3/b11-5-,14-6-/t12?,13-,15-/m1/s1. The Labute approximate surface area is 120 Å². The Balaban J connectivity index is 2.24. The van der Waals surface area contributed by atoms with Gasteiger partial charge in [0.15, 0.2) is 0 Å². The summed E-state index contributed by atoms with van der Waals surface area (Å²) in [6, 6.07) is 0. The maximum atomic E-state index is 9.89. The van der Waals surface area contributed by atoms with Gasteiger partial charge in [0.05, 0.1) is 12.7 Å². The van der Waals surface area contributed by atoms with Crippen molar-refractivity contribution in [2.24, 2.45) is 0 Å². The van der Waals surface area contributed by atoms with Crippen LogP contribution in [0, 0.1) is 0 Å². The normalized spacial score (nSPS) is 34.5. The Bertz CT molecular complexity index is 442. The van der Waals surface area contributed by atoms with Crippen molar-refractivity contribution in [1.82, 2.24) is 10.2 Å². The highest BCUT2D eigenvalue weighted by Crippen LogP contribution is 2.29. The monoisotopic (exact) mass is 280 g/mol. The Morgan fingerprint density at radius 3 is 2.85 bits per heavy atom. The molecule has 2 rings (SSSR count). The lowest BCUT2D eigenvalue weighted by atomic mass is 10.1. The number of hydrogen-bond acceptors (Lipinski definition) is 5. The van der Waals surface area contributed by atoms with Crippen LogP contribution < -0.4 is 5.32 Å². The average molecular weight is 280 g/mol. The summed E-state index contributed by atoms with van der Waals surface area (Å²) in [4.78, 5) is 2.00. The summed E-state index contributed by atoms with van der Waals surface area (Å²) in [5.41, 5.74) is 2.20. The fourth-order valence-corrected chi connectivity index (χ4v) is 2.59. The van der Waals surface area contributed by atoms with Crippen LogP contribution in [0.5, 0.6) is 0 Å². The second-order valence-corrected chi connectivity index (χ2v) is 5.16. The van der Waals surface area contributed by atoms with E-state index in [1.165, 1.54) is 0 Å². The Kier molecular flexibility index (Phi) is 4.86. The van der Waals surface area contributed by atoms with Gasteiger partial charge in [-0.1, -0.05) is 13.0 Å². The molecule has 0 aromatic heterocycles. The van der Waals surface area contributed by atoms with E-state index in [2.05, 4.69) is 18.3 Å². The minimum atomic E-state index is -0.621. The lowest BCUT2D eigenvalue weighted by Crippen LogP contribution is -2.39. The lowest BCUT2D eigenvalue weighted by Gasteiger charge is -2.35. The van der Waals surface area contributed by atoms with E-state index in [0.717, 1.165) is 23.5 Å². The van der Waals surface area contributed by atoms with Gasteiger partial charge in [0, 0.05) is 18.3 Å². The number of rotatable bonds is 3. The molecular formula is C15H24N2O3. The molecule has 20 heavy (non-hydrogen) atoms. The summed E-state index contributed by atoms with van der Waals surface area (Å²) in [7, 11) is 0. The van der Waals surface area contributed by atoms with E-state index in [1.54, 1.807) is 0 Å². The van der Waals surface area contributed by atoms with Crippen molar-refractivity contribution in [3.8, 4) is 0 Å². The van der Waals surface area contributed by atoms with Crippen LogP contribution in [-0.2, 0) is 4.74 Å². The number of hydrogen-bond donors (Lipinski definition) is 3. The average Bonchev–Trinajstić information content (AvgIpc) is 2.81. The highest BCUT2D eigenvalue weighted by atomic mass is 16.5.